The van der Waals surface area contributed by atoms with Crippen LogP contribution in [-0.4, -0.2) is 0 Å². The molecule has 0 amide bonds. The standard InChI is InChI=1S/C16H34/c1-7-11-15(8-2)14(5)12-13-16(6,9-3)10-4/h14-15H,7-13H2,1-6H3. The van der Waals surface area contributed by atoms with E-state index in [1.165, 1.54) is 44.9 Å². The van der Waals surface area contributed by atoms with Crippen molar-refractivity contribution in [3.8, 4) is 0 Å². The zero-order chi connectivity index (χ0) is 12.6. The molecule has 0 aromatic rings. The second kappa shape index (κ2) is 8.14. The molecular weight excluding hydrogens is 192 g/mol. The van der Waals surface area contributed by atoms with Crippen LogP contribution in [0.15, 0.2) is 0 Å². The molecule has 98 valence electrons. The molecule has 0 aromatic heterocycles. The lowest BCUT2D eigenvalue weighted by Crippen LogP contribution is -2.18. The summed E-state index contributed by atoms with van der Waals surface area (Å²) in [6, 6.07) is 0. The van der Waals surface area contributed by atoms with Crippen LogP contribution in [0.5, 0.6) is 0 Å². The van der Waals surface area contributed by atoms with Gasteiger partial charge in [-0.05, 0) is 30.1 Å². The van der Waals surface area contributed by atoms with Crippen molar-refractivity contribution in [2.75, 3.05) is 0 Å². The highest BCUT2D eigenvalue weighted by molar-refractivity contribution is 4.74. The van der Waals surface area contributed by atoms with Gasteiger partial charge in [-0.15, -0.1) is 0 Å². The first-order chi connectivity index (χ1) is 7.52. The first-order valence-corrected chi connectivity index (χ1v) is 7.52. The fraction of sp³-hybridized carbons (Fsp3) is 1.00. The highest BCUT2D eigenvalue weighted by atomic mass is 14.3. The molecule has 0 radical (unpaired) electrons. The molecule has 0 spiro atoms. The van der Waals surface area contributed by atoms with Crippen molar-refractivity contribution in [1.82, 2.24) is 0 Å². The van der Waals surface area contributed by atoms with Gasteiger partial charge in [-0.25, -0.2) is 0 Å². The van der Waals surface area contributed by atoms with Gasteiger partial charge in [0.15, 0.2) is 0 Å². The predicted octanol–water partition coefficient (Wildman–Crippen LogP) is 6.06. The monoisotopic (exact) mass is 226 g/mol. The van der Waals surface area contributed by atoms with Crippen molar-refractivity contribution in [3.63, 3.8) is 0 Å². The van der Waals surface area contributed by atoms with E-state index >= 15 is 0 Å². The third-order valence-corrected chi connectivity index (χ3v) is 4.90. The Hall–Kier alpha value is 0. The maximum atomic E-state index is 2.47. The van der Waals surface area contributed by atoms with E-state index in [1.54, 1.807) is 0 Å². The summed E-state index contributed by atoms with van der Waals surface area (Å²) in [5.74, 6) is 1.88. The average molecular weight is 226 g/mol. The molecule has 2 atom stereocenters. The van der Waals surface area contributed by atoms with Gasteiger partial charge < -0.3 is 0 Å². The lowest BCUT2D eigenvalue weighted by molar-refractivity contribution is 0.215. The highest BCUT2D eigenvalue weighted by Gasteiger charge is 2.22. The van der Waals surface area contributed by atoms with Gasteiger partial charge in [-0.1, -0.05) is 73.6 Å². The quantitative estimate of drug-likeness (QED) is 0.448. The van der Waals surface area contributed by atoms with E-state index in [0.29, 0.717) is 5.41 Å². The Kier molecular flexibility index (Phi) is 8.14. The van der Waals surface area contributed by atoms with Crippen molar-refractivity contribution in [2.45, 2.75) is 86.5 Å². The normalized spacial score (nSPS) is 16.1. The largest absolute Gasteiger partial charge is 0.0654 e. The predicted molar refractivity (Wildman–Crippen MR) is 75.8 cm³/mol. The molecule has 0 aliphatic heterocycles. The highest BCUT2D eigenvalue weighted by Crippen LogP contribution is 2.35. The van der Waals surface area contributed by atoms with Gasteiger partial charge in [-0.2, -0.15) is 0 Å². The molecule has 0 saturated heterocycles. The molecule has 0 heteroatoms. The second-order valence-corrected chi connectivity index (χ2v) is 5.99. The molecule has 0 aliphatic carbocycles. The minimum absolute atomic E-state index is 0.596. The summed E-state index contributed by atoms with van der Waals surface area (Å²) >= 11 is 0. The van der Waals surface area contributed by atoms with Gasteiger partial charge in [0.25, 0.3) is 0 Å². The van der Waals surface area contributed by atoms with Gasteiger partial charge in [0.05, 0.1) is 0 Å². The molecule has 0 nitrogen and oxygen atoms in total. The van der Waals surface area contributed by atoms with E-state index in [0.717, 1.165) is 11.8 Å². The average Bonchev–Trinajstić information content (AvgIpc) is 2.32. The maximum absolute atomic E-state index is 2.47. The van der Waals surface area contributed by atoms with E-state index in [4.69, 9.17) is 0 Å². The van der Waals surface area contributed by atoms with Crippen LogP contribution in [0.1, 0.15) is 86.5 Å². The van der Waals surface area contributed by atoms with Crippen molar-refractivity contribution in [1.29, 1.82) is 0 Å². The topological polar surface area (TPSA) is 0 Å². The maximum Gasteiger partial charge on any atom is -0.0331 e. The Morgan fingerprint density at radius 1 is 0.938 bits per heavy atom. The Morgan fingerprint density at radius 3 is 1.88 bits per heavy atom. The van der Waals surface area contributed by atoms with Crippen LogP contribution in [0.4, 0.5) is 0 Å². The molecular formula is C16H34. The third kappa shape index (κ3) is 5.37. The van der Waals surface area contributed by atoms with Crippen LogP contribution in [0.25, 0.3) is 0 Å². The zero-order valence-electron chi connectivity index (χ0n) is 12.6. The van der Waals surface area contributed by atoms with Crippen molar-refractivity contribution >= 4 is 0 Å². The van der Waals surface area contributed by atoms with Gasteiger partial charge in [0.1, 0.15) is 0 Å². The second-order valence-electron chi connectivity index (χ2n) is 5.99. The van der Waals surface area contributed by atoms with Crippen LogP contribution in [0.2, 0.25) is 0 Å². The molecule has 0 aliphatic rings. The van der Waals surface area contributed by atoms with Gasteiger partial charge in [0.2, 0.25) is 0 Å². The zero-order valence-corrected chi connectivity index (χ0v) is 12.6. The van der Waals surface area contributed by atoms with E-state index < -0.39 is 0 Å². The number of hydrogen-bond donors (Lipinski definition) is 0. The van der Waals surface area contributed by atoms with Crippen molar-refractivity contribution in [2.24, 2.45) is 17.3 Å². The molecule has 0 heterocycles. The Labute approximate surface area is 104 Å². The lowest BCUT2D eigenvalue weighted by Gasteiger charge is -2.30. The smallest absolute Gasteiger partial charge is 0.0331 e. The van der Waals surface area contributed by atoms with Crippen LogP contribution in [-0.2, 0) is 0 Å². The summed E-state index contributed by atoms with van der Waals surface area (Å²) in [5, 5.41) is 0. The molecule has 16 heavy (non-hydrogen) atoms. The van der Waals surface area contributed by atoms with E-state index in [2.05, 4.69) is 41.5 Å². The fourth-order valence-corrected chi connectivity index (χ4v) is 2.68. The summed E-state index contributed by atoms with van der Waals surface area (Å²) < 4.78 is 0. The fourth-order valence-electron chi connectivity index (χ4n) is 2.68. The number of hydrogen-bond acceptors (Lipinski definition) is 0. The Balaban J connectivity index is 4.07. The third-order valence-electron chi connectivity index (χ3n) is 4.90. The molecule has 2 unspecified atom stereocenters. The summed E-state index contributed by atoms with van der Waals surface area (Å²) in [4.78, 5) is 0. The SMILES string of the molecule is CCCC(CC)C(C)CCC(C)(CC)CC. The van der Waals surface area contributed by atoms with Gasteiger partial charge in [-0.3, -0.25) is 0 Å². The molecule has 0 N–H and O–H groups in total. The summed E-state index contributed by atoms with van der Waals surface area (Å²) in [5.41, 5.74) is 0.596. The first kappa shape index (κ1) is 16.0. The van der Waals surface area contributed by atoms with Crippen molar-refractivity contribution < 1.29 is 0 Å². The van der Waals surface area contributed by atoms with Gasteiger partial charge in [0, 0.05) is 0 Å². The Morgan fingerprint density at radius 2 is 1.50 bits per heavy atom. The minimum atomic E-state index is 0.596. The minimum Gasteiger partial charge on any atom is -0.0654 e. The molecule has 0 rings (SSSR count). The number of rotatable bonds is 9. The molecule has 0 fully saturated rings. The van der Waals surface area contributed by atoms with Crippen LogP contribution >= 0.6 is 0 Å². The molecule has 0 bridgehead atoms. The van der Waals surface area contributed by atoms with Crippen LogP contribution in [0, 0.1) is 17.3 Å². The van der Waals surface area contributed by atoms with E-state index in [-0.39, 0.29) is 0 Å². The summed E-state index contributed by atoms with van der Waals surface area (Å²) in [7, 11) is 0. The Bertz CT molecular complexity index is 155. The van der Waals surface area contributed by atoms with Crippen molar-refractivity contribution in [3.05, 3.63) is 0 Å². The molecule has 0 aromatic carbocycles. The first-order valence-electron chi connectivity index (χ1n) is 7.52. The van der Waals surface area contributed by atoms with Crippen LogP contribution in [0.3, 0.4) is 0 Å². The van der Waals surface area contributed by atoms with E-state index in [9.17, 15) is 0 Å². The lowest BCUT2D eigenvalue weighted by atomic mass is 9.75. The summed E-state index contributed by atoms with van der Waals surface area (Å²) in [6.07, 6.45) is 9.65. The van der Waals surface area contributed by atoms with Crippen LogP contribution < -0.4 is 0 Å². The van der Waals surface area contributed by atoms with E-state index in [1.807, 2.05) is 0 Å². The van der Waals surface area contributed by atoms with Gasteiger partial charge >= 0.3 is 0 Å². The summed E-state index contributed by atoms with van der Waals surface area (Å²) in [6.45, 7) is 14.3. The molecule has 0 saturated carbocycles.